The minimum atomic E-state index is -0.202. The zero-order valence-electron chi connectivity index (χ0n) is 16.1. The molecule has 0 amide bonds. The van der Waals surface area contributed by atoms with Crippen LogP contribution in [-0.2, 0) is 17.6 Å². The monoisotopic (exact) mass is 361 g/mol. The molecule has 2 aromatic carbocycles. The van der Waals surface area contributed by atoms with Crippen LogP contribution < -0.4 is 0 Å². The number of nitrogens with zero attached hydrogens (tertiary/aromatic N) is 1. The van der Waals surface area contributed by atoms with Gasteiger partial charge < -0.3 is 5.11 Å². The van der Waals surface area contributed by atoms with E-state index < -0.39 is 0 Å². The lowest BCUT2D eigenvalue weighted by atomic mass is 9.75. The molecule has 0 bridgehead atoms. The second-order valence-electron chi connectivity index (χ2n) is 7.99. The van der Waals surface area contributed by atoms with Crippen LogP contribution in [0.5, 0.6) is 0 Å². The van der Waals surface area contributed by atoms with Crippen molar-refractivity contribution in [1.29, 1.82) is 0 Å². The molecule has 1 aliphatic carbocycles. The van der Waals surface area contributed by atoms with Gasteiger partial charge in [0.15, 0.2) is 5.78 Å². The maximum Gasteiger partial charge on any atom is 0.168 e. The van der Waals surface area contributed by atoms with E-state index in [1.807, 2.05) is 62.4 Å². The molecular formula is C24H27NO2. The molecule has 0 heterocycles. The predicted octanol–water partition coefficient (Wildman–Crippen LogP) is 5.11. The average Bonchev–Trinajstić information content (AvgIpc) is 2.61. The molecule has 2 aromatic rings. The van der Waals surface area contributed by atoms with Crippen molar-refractivity contribution in [1.82, 2.24) is 0 Å². The summed E-state index contributed by atoms with van der Waals surface area (Å²) in [5, 5.41) is 10.6. The van der Waals surface area contributed by atoms with Gasteiger partial charge in [-0.2, -0.15) is 0 Å². The van der Waals surface area contributed by atoms with Crippen LogP contribution in [-0.4, -0.2) is 23.1 Å². The SMILES string of the molecule is CC1(C)CC(=O)C(C(Cc2ccccc2)=NCCc2ccccc2)=C(O)C1. The molecule has 0 spiro atoms. The third-order valence-corrected chi connectivity index (χ3v) is 4.90. The van der Waals surface area contributed by atoms with Crippen LogP contribution >= 0.6 is 0 Å². The van der Waals surface area contributed by atoms with Gasteiger partial charge in [0.25, 0.3) is 0 Å². The van der Waals surface area contributed by atoms with Gasteiger partial charge in [0.2, 0.25) is 0 Å². The number of allylic oxidation sites excluding steroid dienone is 2. The number of aliphatic hydroxyl groups is 1. The summed E-state index contributed by atoms with van der Waals surface area (Å²) < 4.78 is 0. The normalized spacial score (nSPS) is 17.3. The summed E-state index contributed by atoms with van der Waals surface area (Å²) in [5.74, 6) is 0.184. The molecule has 1 aliphatic rings. The Bertz CT molecular complexity index is 848. The Morgan fingerprint density at radius 3 is 2.15 bits per heavy atom. The molecule has 1 N–H and O–H groups in total. The lowest BCUT2D eigenvalue weighted by Crippen LogP contribution is -2.30. The van der Waals surface area contributed by atoms with E-state index in [1.165, 1.54) is 5.56 Å². The number of carbonyl (C=O) groups is 1. The van der Waals surface area contributed by atoms with Gasteiger partial charge in [-0.15, -0.1) is 0 Å². The van der Waals surface area contributed by atoms with E-state index in [4.69, 9.17) is 4.99 Å². The quantitative estimate of drug-likeness (QED) is 0.727. The lowest BCUT2D eigenvalue weighted by Gasteiger charge is -2.30. The number of carbonyl (C=O) groups excluding carboxylic acids is 1. The number of rotatable bonds is 6. The Hall–Kier alpha value is -2.68. The molecule has 140 valence electrons. The van der Waals surface area contributed by atoms with E-state index in [-0.39, 0.29) is 17.0 Å². The van der Waals surface area contributed by atoms with Gasteiger partial charge in [-0.1, -0.05) is 74.5 Å². The Morgan fingerprint density at radius 2 is 1.56 bits per heavy atom. The molecular weight excluding hydrogens is 334 g/mol. The topological polar surface area (TPSA) is 49.7 Å². The first-order chi connectivity index (χ1) is 12.9. The summed E-state index contributed by atoms with van der Waals surface area (Å²) in [5.41, 5.74) is 3.25. The van der Waals surface area contributed by atoms with Gasteiger partial charge in [0, 0.05) is 25.8 Å². The fourth-order valence-corrected chi connectivity index (χ4v) is 3.59. The van der Waals surface area contributed by atoms with Crippen molar-refractivity contribution in [3.05, 3.63) is 83.1 Å². The summed E-state index contributed by atoms with van der Waals surface area (Å²) in [6, 6.07) is 20.2. The molecule has 0 aliphatic heterocycles. The maximum atomic E-state index is 12.8. The van der Waals surface area contributed by atoms with Crippen LogP contribution in [0.3, 0.4) is 0 Å². The van der Waals surface area contributed by atoms with Crippen LogP contribution in [0, 0.1) is 5.41 Å². The smallest absolute Gasteiger partial charge is 0.168 e. The van der Waals surface area contributed by atoms with E-state index in [1.54, 1.807) is 0 Å². The second-order valence-corrected chi connectivity index (χ2v) is 7.99. The molecule has 0 fully saturated rings. The number of hydrogen-bond acceptors (Lipinski definition) is 3. The van der Waals surface area contributed by atoms with Gasteiger partial charge in [-0.05, 0) is 23.0 Å². The van der Waals surface area contributed by atoms with Crippen LogP contribution in [0.2, 0.25) is 0 Å². The van der Waals surface area contributed by atoms with Crippen molar-refractivity contribution in [3.63, 3.8) is 0 Å². The summed E-state index contributed by atoms with van der Waals surface area (Å²) in [7, 11) is 0. The highest BCUT2D eigenvalue weighted by Crippen LogP contribution is 2.36. The Balaban J connectivity index is 1.87. The highest BCUT2D eigenvalue weighted by atomic mass is 16.3. The molecule has 3 nitrogen and oxygen atoms in total. The maximum absolute atomic E-state index is 12.8. The van der Waals surface area contributed by atoms with Crippen LogP contribution in [0.1, 0.15) is 37.8 Å². The Labute approximate surface area is 161 Å². The van der Waals surface area contributed by atoms with Crippen molar-refractivity contribution < 1.29 is 9.90 Å². The zero-order valence-corrected chi connectivity index (χ0v) is 16.1. The zero-order chi connectivity index (χ0) is 19.3. The van der Waals surface area contributed by atoms with Crippen LogP contribution in [0.4, 0.5) is 0 Å². The van der Waals surface area contributed by atoms with Crippen molar-refractivity contribution in [2.24, 2.45) is 10.4 Å². The van der Waals surface area contributed by atoms with E-state index >= 15 is 0 Å². The summed E-state index contributed by atoms with van der Waals surface area (Å²) in [4.78, 5) is 17.6. The van der Waals surface area contributed by atoms with Gasteiger partial charge in [0.1, 0.15) is 5.76 Å². The fourth-order valence-electron chi connectivity index (χ4n) is 3.59. The van der Waals surface area contributed by atoms with Crippen molar-refractivity contribution in [2.75, 3.05) is 6.54 Å². The Kier molecular flexibility index (Phi) is 5.90. The Morgan fingerprint density at radius 1 is 0.963 bits per heavy atom. The molecule has 0 saturated carbocycles. The van der Waals surface area contributed by atoms with E-state index in [9.17, 15) is 9.90 Å². The minimum absolute atomic E-state index is 0.00172. The molecule has 0 aromatic heterocycles. The second kappa shape index (κ2) is 8.34. The highest BCUT2D eigenvalue weighted by molar-refractivity contribution is 6.23. The first-order valence-electron chi connectivity index (χ1n) is 9.51. The largest absolute Gasteiger partial charge is 0.511 e. The van der Waals surface area contributed by atoms with Gasteiger partial charge >= 0.3 is 0 Å². The van der Waals surface area contributed by atoms with Crippen LogP contribution in [0.15, 0.2) is 77.0 Å². The van der Waals surface area contributed by atoms with Crippen molar-refractivity contribution >= 4 is 11.5 Å². The first-order valence-corrected chi connectivity index (χ1v) is 9.51. The summed E-state index contributed by atoms with van der Waals surface area (Å²) in [6.45, 7) is 4.63. The van der Waals surface area contributed by atoms with E-state index in [0.29, 0.717) is 37.1 Å². The molecule has 0 radical (unpaired) electrons. The van der Waals surface area contributed by atoms with Gasteiger partial charge in [0.05, 0.1) is 11.3 Å². The number of Topliss-reactive ketones (excluding diaryl/α,β-unsaturated/α-hetero) is 1. The van der Waals surface area contributed by atoms with Crippen molar-refractivity contribution in [3.8, 4) is 0 Å². The first kappa shape index (κ1) is 19.1. The average molecular weight is 361 g/mol. The predicted molar refractivity (Wildman–Crippen MR) is 110 cm³/mol. The number of aliphatic hydroxyl groups excluding tert-OH is 1. The van der Waals surface area contributed by atoms with Crippen LogP contribution in [0.25, 0.3) is 0 Å². The third-order valence-electron chi connectivity index (χ3n) is 4.90. The standard InChI is InChI=1S/C24H27NO2/c1-24(2)16-21(26)23(22(27)17-24)20(15-19-11-7-4-8-12-19)25-14-13-18-9-5-3-6-10-18/h3-12,26H,13-17H2,1-2H3. The van der Waals surface area contributed by atoms with Gasteiger partial charge in [-0.3, -0.25) is 9.79 Å². The molecule has 0 atom stereocenters. The number of aliphatic imine (C=N–C) groups is 1. The number of ketones is 1. The third kappa shape index (κ3) is 5.16. The fraction of sp³-hybridized carbons (Fsp3) is 0.333. The highest BCUT2D eigenvalue weighted by Gasteiger charge is 2.34. The summed E-state index contributed by atoms with van der Waals surface area (Å²) >= 11 is 0. The van der Waals surface area contributed by atoms with E-state index in [2.05, 4.69) is 12.1 Å². The van der Waals surface area contributed by atoms with Gasteiger partial charge in [-0.25, -0.2) is 0 Å². The van der Waals surface area contributed by atoms with Crippen molar-refractivity contribution in [2.45, 2.75) is 39.5 Å². The number of hydrogen-bond donors (Lipinski definition) is 1. The minimum Gasteiger partial charge on any atom is -0.511 e. The molecule has 3 heteroatoms. The molecule has 27 heavy (non-hydrogen) atoms. The lowest BCUT2D eigenvalue weighted by molar-refractivity contribution is -0.117. The number of benzene rings is 2. The van der Waals surface area contributed by atoms with E-state index in [0.717, 1.165) is 12.0 Å². The summed E-state index contributed by atoms with van der Waals surface area (Å²) in [6.07, 6.45) is 2.33. The molecule has 0 unspecified atom stereocenters. The molecule has 0 saturated heterocycles. The molecule has 3 rings (SSSR count).